The number of nitrogens with zero attached hydrogens (tertiary/aromatic N) is 1. The van der Waals surface area contributed by atoms with Gasteiger partial charge < -0.3 is 5.11 Å². The first-order valence-electron chi connectivity index (χ1n) is 4.06. The van der Waals surface area contributed by atoms with E-state index in [0.717, 1.165) is 17.8 Å². The van der Waals surface area contributed by atoms with Crippen molar-refractivity contribution in [3.8, 4) is 0 Å². The molecular formula is C10H11NO. The van der Waals surface area contributed by atoms with Crippen LogP contribution in [-0.2, 0) is 6.42 Å². The fourth-order valence-electron chi connectivity index (χ4n) is 1.45. The first-order valence-corrected chi connectivity index (χ1v) is 4.06. The van der Waals surface area contributed by atoms with Crippen molar-refractivity contribution in [2.45, 2.75) is 13.3 Å². The van der Waals surface area contributed by atoms with E-state index in [-0.39, 0.29) is 6.61 Å². The maximum Gasteiger partial charge on any atom is 0.0817 e. The molecule has 0 bridgehead atoms. The minimum absolute atomic E-state index is 0.0771. The molecule has 0 spiro atoms. The van der Waals surface area contributed by atoms with E-state index in [9.17, 15) is 0 Å². The third kappa shape index (κ3) is 1.14. The smallest absolute Gasteiger partial charge is 0.0817 e. The highest BCUT2D eigenvalue weighted by Crippen LogP contribution is 2.27. The molecule has 1 aromatic carbocycles. The van der Waals surface area contributed by atoms with E-state index in [1.54, 1.807) is 0 Å². The van der Waals surface area contributed by atoms with Crippen LogP contribution in [0.4, 0.5) is 5.69 Å². The molecule has 1 N–H and O–H groups in total. The number of rotatable bonds is 1. The fraction of sp³-hybridized carbons (Fsp3) is 0.300. The molecule has 1 heterocycles. The zero-order valence-corrected chi connectivity index (χ0v) is 7.04. The first-order chi connectivity index (χ1) is 5.79. The van der Waals surface area contributed by atoms with Gasteiger partial charge in [0.2, 0.25) is 0 Å². The molecule has 2 nitrogen and oxygen atoms in total. The monoisotopic (exact) mass is 161 g/mol. The number of benzene rings is 1. The van der Waals surface area contributed by atoms with Crippen molar-refractivity contribution in [3.63, 3.8) is 0 Å². The number of hydrogen-bond donors (Lipinski definition) is 1. The highest BCUT2D eigenvalue weighted by atomic mass is 16.3. The number of aliphatic hydroxyl groups excluding tert-OH is 1. The van der Waals surface area contributed by atoms with Crippen molar-refractivity contribution in [1.29, 1.82) is 0 Å². The van der Waals surface area contributed by atoms with Gasteiger partial charge in [0, 0.05) is 12.1 Å². The van der Waals surface area contributed by atoms with Crippen LogP contribution in [0, 0.1) is 6.92 Å². The lowest BCUT2D eigenvalue weighted by molar-refractivity contribution is 0.356. The Kier molecular flexibility index (Phi) is 1.70. The summed E-state index contributed by atoms with van der Waals surface area (Å²) in [6.45, 7) is 2.13. The van der Waals surface area contributed by atoms with E-state index >= 15 is 0 Å². The minimum atomic E-state index is 0.0771. The summed E-state index contributed by atoms with van der Waals surface area (Å²) in [6, 6.07) is 6.21. The molecule has 12 heavy (non-hydrogen) atoms. The molecule has 1 aliphatic rings. The molecule has 0 fully saturated rings. The summed E-state index contributed by atoms with van der Waals surface area (Å²) in [5.74, 6) is 0. The van der Waals surface area contributed by atoms with Gasteiger partial charge in [0.25, 0.3) is 0 Å². The average molecular weight is 161 g/mol. The molecule has 2 rings (SSSR count). The summed E-state index contributed by atoms with van der Waals surface area (Å²) in [6.07, 6.45) is 0.812. The molecule has 0 radical (unpaired) electrons. The maximum absolute atomic E-state index is 8.88. The van der Waals surface area contributed by atoms with Gasteiger partial charge in [-0.25, -0.2) is 0 Å². The SMILES string of the molecule is Cc1ccc2c(c1)N=C(CO)C2. The zero-order valence-electron chi connectivity index (χ0n) is 7.04. The summed E-state index contributed by atoms with van der Waals surface area (Å²) in [5.41, 5.74) is 4.34. The number of aliphatic imine (C=N–C) groups is 1. The van der Waals surface area contributed by atoms with Crippen molar-refractivity contribution in [1.82, 2.24) is 0 Å². The Hall–Kier alpha value is -1.15. The third-order valence-corrected chi connectivity index (χ3v) is 2.10. The predicted octanol–water partition coefficient (Wildman–Crippen LogP) is 1.62. The van der Waals surface area contributed by atoms with Gasteiger partial charge in [-0.3, -0.25) is 4.99 Å². The van der Waals surface area contributed by atoms with Crippen LogP contribution in [0.15, 0.2) is 23.2 Å². The number of aliphatic hydroxyl groups is 1. The summed E-state index contributed by atoms with van der Waals surface area (Å²) in [7, 11) is 0. The maximum atomic E-state index is 8.88. The van der Waals surface area contributed by atoms with Gasteiger partial charge in [0.1, 0.15) is 0 Å². The van der Waals surface area contributed by atoms with Crippen LogP contribution >= 0.6 is 0 Å². The Morgan fingerprint density at radius 3 is 3.08 bits per heavy atom. The van der Waals surface area contributed by atoms with Gasteiger partial charge in [-0.15, -0.1) is 0 Å². The molecule has 0 saturated carbocycles. The molecule has 0 amide bonds. The largest absolute Gasteiger partial charge is 0.390 e. The third-order valence-electron chi connectivity index (χ3n) is 2.10. The second kappa shape index (κ2) is 2.72. The van der Waals surface area contributed by atoms with E-state index in [0.29, 0.717) is 0 Å². The minimum Gasteiger partial charge on any atom is -0.390 e. The van der Waals surface area contributed by atoms with Gasteiger partial charge >= 0.3 is 0 Å². The van der Waals surface area contributed by atoms with Crippen LogP contribution in [0.2, 0.25) is 0 Å². The van der Waals surface area contributed by atoms with Gasteiger partial charge in [0.05, 0.1) is 12.3 Å². The van der Waals surface area contributed by atoms with Crippen molar-refractivity contribution in [2.75, 3.05) is 6.61 Å². The van der Waals surface area contributed by atoms with Gasteiger partial charge in [-0.1, -0.05) is 12.1 Å². The molecule has 0 aliphatic carbocycles. The summed E-state index contributed by atoms with van der Waals surface area (Å²) < 4.78 is 0. The molecule has 0 saturated heterocycles. The molecule has 1 aromatic rings. The predicted molar refractivity (Wildman–Crippen MR) is 49.1 cm³/mol. The Labute approximate surface area is 71.6 Å². The van der Waals surface area contributed by atoms with Crippen LogP contribution in [0.5, 0.6) is 0 Å². The Bertz CT molecular complexity index is 342. The average Bonchev–Trinajstić information content (AvgIpc) is 2.46. The lowest BCUT2D eigenvalue weighted by Gasteiger charge is -1.96. The lowest BCUT2D eigenvalue weighted by atomic mass is 10.1. The summed E-state index contributed by atoms with van der Waals surface area (Å²) >= 11 is 0. The Morgan fingerprint density at radius 2 is 2.33 bits per heavy atom. The quantitative estimate of drug-likeness (QED) is 0.667. The Morgan fingerprint density at radius 1 is 1.50 bits per heavy atom. The van der Waals surface area contributed by atoms with Gasteiger partial charge in [-0.2, -0.15) is 0 Å². The van der Waals surface area contributed by atoms with Crippen molar-refractivity contribution >= 4 is 11.4 Å². The van der Waals surface area contributed by atoms with Crippen LogP contribution < -0.4 is 0 Å². The zero-order chi connectivity index (χ0) is 8.55. The molecule has 62 valence electrons. The van der Waals surface area contributed by atoms with Gasteiger partial charge in [-0.05, 0) is 24.1 Å². The van der Waals surface area contributed by atoms with Crippen LogP contribution in [0.25, 0.3) is 0 Å². The summed E-state index contributed by atoms with van der Waals surface area (Å²) in [5, 5.41) is 8.88. The number of fused-ring (bicyclic) bond motifs is 1. The molecule has 0 unspecified atom stereocenters. The van der Waals surface area contributed by atoms with E-state index in [1.165, 1.54) is 11.1 Å². The number of hydrogen-bond acceptors (Lipinski definition) is 2. The highest BCUT2D eigenvalue weighted by molar-refractivity contribution is 5.94. The van der Waals surface area contributed by atoms with Gasteiger partial charge in [0.15, 0.2) is 0 Å². The van der Waals surface area contributed by atoms with E-state index in [4.69, 9.17) is 5.11 Å². The standard InChI is InChI=1S/C10H11NO/c1-7-2-3-8-5-9(6-12)11-10(8)4-7/h2-4,12H,5-6H2,1H3. The molecule has 2 heteroatoms. The molecule has 1 aliphatic heterocycles. The highest BCUT2D eigenvalue weighted by Gasteiger charge is 2.12. The van der Waals surface area contributed by atoms with Crippen LogP contribution in [0.1, 0.15) is 11.1 Å². The van der Waals surface area contributed by atoms with Crippen molar-refractivity contribution in [2.24, 2.45) is 4.99 Å². The molecular weight excluding hydrogens is 150 g/mol. The van der Waals surface area contributed by atoms with Crippen LogP contribution in [0.3, 0.4) is 0 Å². The Balaban J connectivity index is 2.42. The van der Waals surface area contributed by atoms with E-state index in [2.05, 4.69) is 23.2 Å². The van der Waals surface area contributed by atoms with Crippen LogP contribution in [-0.4, -0.2) is 17.4 Å². The molecule has 0 atom stereocenters. The lowest BCUT2D eigenvalue weighted by Crippen LogP contribution is -2.02. The fourth-order valence-corrected chi connectivity index (χ4v) is 1.45. The number of aryl methyl sites for hydroxylation is 1. The first kappa shape index (κ1) is 7.50. The van der Waals surface area contributed by atoms with Crippen molar-refractivity contribution in [3.05, 3.63) is 29.3 Å². The normalized spacial score (nSPS) is 14.3. The molecule has 0 aromatic heterocycles. The second-order valence-corrected chi connectivity index (χ2v) is 3.15. The summed E-state index contributed by atoms with van der Waals surface area (Å²) in [4.78, 5) is 4.30. The van der Waals surface area contributed by atoms with E-state index < -0.39 is 0 Å². The van der Waals surface area contributed by atoms with E-state index in [1.807, 2.05) is 6.92 Å². The van der Waals surface area contributed by atoms with Crippen molar-refractivity contribution < 1.29 is 5.11 Å². The second-order valence-electron chi connectivity index (χ2n) is 3.15. The topological polar surface area (TPSA) is 32.6 Å².